The van der Waals surface area contributed by atoms with E-state index in [0.29, 0.717) is 22.9 Å². The molecule has 2 N–H and O–H groups in total. The summed E-state index contributed by atoms with van der Waals surface area (Å²) in [6, 6.07) is 12.4. The molecule has 1 fully saturated rings. The lowest BCUT2D eigenvalue weighted by atomic mass is 9.95. The molecule has 8 heteroatoms. The molecular formula is C33H42ClN3O4. The Bertz CT molecular complexity index is 1390. The number of fused-ring (bicyclic) bond motifs is 1. The van der Waals surface area contributed by atoms with E-state index in [0.717, 1.165) is 73.5 Å². The Morgan fingerprint density at radius 1 is 1.02 bits per heavy atom. The lowest BCUT2D eigenvalue weighted by Crippen LogP contribution is -2.45. The predicted octanol–water partition coefficient (Wildman–Crippen LogP) is 6.60. The van der Waals surface area contributed by atoms with Crippen molar-refractivity contribution in [1.29, 1.82) is 0 Å². The zero-order chi connectivity index (χ0) is 29.6. The van der Waals surface area contributed by atoms with E-state index in [1.807, 2.05) is 25.1 Å². The third-order valence-corrected chi connectivity index (χ3v) is 8.41. The highest BCUT2D eigenvalue weighted by Crippen LogP contribution is 2.31. The van der Waals surface area contributed by atoms with Gasteiger partial charge in [-0.1, -0.05) is 37.3 Å². The lowest BCUT2D eigenvalue weighted by molar-refractivity contribution is -0.126. The fourth-order valence-corrected chi connectivity index (χ4v) is 5.93. The first-order chi connectivity index (χ1) is 19.6. The predicted molar refractivity (Wildman–Crippen MR) is 164 cm³/mol. The van der Waals surface area contributed by atoms with Crippen molar-refractivity contribution < 1.29 is 19.1 Å². The molecule has 3 aromatic rings. The van der Waals surface area contributed by atoms with Crippen LogP contribution in [0.25, 0.3) is 10.9 Å². The van der Waals surface area contributed by atoms with Crippen molar-refractivity contribution in [3.05, 3.63) is 64.3 Å². The van der Waals surface area contributed by atoms with Crippen LogP contribution in [-0.4, -0.2) is 41.5 Å². The molecule has 1 heterocycles. The van der Waals surface area contributed by atoms with Crippen molar-refractivity contribution in [2.45, 2.75) is 84.1 Å². The maximum atomic E-state index is 13.5. The van der Waals surface area contributed by atoms with Gasteiger partial charge in [-0.15, -0.1) is 0 Å². The Kier molecular flexibility index (Phi) is 10.1. The summed E-state index contributed by atoms with van der Waals surface area (Å²) in [5, 5.41) is 7.67. The van der Waals surface area contributed by atoms with E-state index >= 15 is 0 Å². The Balaban J connectivity index is 1.33. The van der Waals surface area contributed by atoms with Gasteiger partial charge in [0.25, 0.3) is 5.91 Å². The summed E-state index contributed by atoms with van der Waals surface area (Å²) in [6.07, 6.45) is 8.20. The number of hydrogen-bond acceptors (Lipinski definition) is 4. The first-order valence-corrected chi connectivity index (χ1v) is 15.0. The van der Waals surface area contributed by atoms with Gasteiger partial charge in [0.05, 0.1) is 19.0 Å². The molecule has 7 nitrogen and oxygen atoms in total. The molecular weight excluding hydrogens is 538 g/mol. The zero-order valence-electron chi connectivity index (χ0n) is 24.6. The van der Waals surface area contributed by atoms with Gasteiger partial charge in [0.2, 0.25) is 11.8 Å². The van der Waals surface area contributed by atoms with E-state index in [9.17, 15) is 14.4 Å². The van der Waals surface area contributed by atoms with Crippen molar-refractivity contribution in [3.8, 4) is 5.75 Å². The van der Waals surface area contributed by atoms with Crippen LogP contribution in [0, 0.1) is 12.8 Å². The van der Waals surface area contributed by atoms with Crippen molar-refractivity contribution in [1.82, 2.24) is 15.2 Å². The Morgan fingerprint density at radius 2 is 1.73 bits per heavy atom. The molecule has 1 aromatic heterocycles. The van der Waals surface area contributed by atoms with Gasteiger partial charge in [0.15, 0.2) is 0 Å². The minimum absolute atomic E-state index is 0.0851. The third-order valence-electron chi connectivity index (χ3n) is 8.16. The number of hydrogen-bond donors (Lipinski definition) is 2. The monoisotopic (exact) mass is 579 g/mol. The van der Waals surface area contributed by atoms with E-state index in [1.54, 1.807) is 35.9 Å². The number of nitrogens with zero attached hydrogens (tertiary/aromatic N) is 1. The molecule has 0 atom stereocenters. The molecule has 220 valence electrons. The fraction of sp³-hybridized carbons (Fsp3) is 0.485. The van der Waals surface area contributed by atoms with Crippen LogP contribution in [0.15, 0.2) is 42.5 Å². The fourth-order valence-electron chi connectivity index (χ4n) is 5.80. The number of rotatable bonds is 12. The second-order valence-electron chi connectivity index (χ2n) is 11.8. The summed E-state index contributed by atoms with van der Waals surface area (Å²) in [4.78, 5) is 39.0. The number of aromatic nitrogens is 1. The van der Waals surface area contributed by atoms with Gasteiger partial charge < -0.3 is 15.4 Å². The van der Waals surface area contributed by atoms with Crippen molar-refractivity contribution in [3.63, 3.8) is 0 Å². The van der Waals surface area contributed by atoms with Crippen molar-refractivity contribution >= 4 is 40.2 Å². The van der Waals surface area contributed by atoms with Crippen LogP contribution < -0.4 is 15.4 Å². The standard InChI is InChI=1S/C33H42ClN3O4/c1-22-27(21-30(38)35-19-9-5-8-18-33(2,3)36-31(39)23-10-6-7-11-23)28-20-26(41-4)16-17-29(28)37(22)32(40)24-12-14-25(34)15-13-24/h12-17,20,23H,5-11,18-19,21H2,1-4H3,(H,35,38)(H,36,39). The van der Waals surface area contributed by atoms with E-state index in [2.05, 4.69) is 24.5 Å². The van der Waals surface area contributed by atoms with Gasteiger partial charge in [-0.25, -0.2) is 0 Å². The number of carbonyl (C=O) groups is 3. The van der Waals surface area contributed by atoms with Gasteiger partial charge in [-0.05, 0) is 94.5 Å². The summed E-state index contributed by atoms with van der Waals surface area (Å²) in [7, 11) is 1.60. The minimum atomic E-state index is -0.223. The zero-order valence-corrected chi connectivity index (χ0v) is 25.4. The van der Waals surface area contributed by atoms with E-state index in [-0.39, 0.29) is 35.6 Å². The number of halogens is 1. The number of nitrogens with one attached hydrogen (secondary N) is 2. The average Bonchev–Trinajstić information content (AvgIpc) is 3.57. The SMILES string of the molecule is COc1ccc2c(c1)c(CC(=O)NCCCCCC(C)(C)NC(=O)C1CCCC1)c(C)n2C(=O)c1ccc(Cl)cc1. The highest BCUT2D eigenvalue weighted by atomic mass is 35.5. The van der Waals surface area contributed by atoms with Crippen LogP contribution in [0.2, 0.25) is 5.02 Å². The molecule has 0 bridgehead atoms. The van der Waals surface area contributed by atoms with Crippen LogP contribution in [0.3, 0.4) is 0 Å². The largest absolute Gasteiger partial charge is 0.497 e. The molecule has 2 aromatic carbocycles. The quantitative estimate of drug-likeness (QED) is 0.236. The van der Waals surface area contributed by atoms with E-state index in [4.69, 9.17) is 16.3 Å². The topological polar surface area (TPSA) is 89.4 Å². The molecule has 4 rings (SSSR count). The highest BCUT2D eigenvalue weighted by molar-refractivity contribution is 6.30. The second kappa shape index (κ2) is 13.6. The van der Waals surface area contributed by atoms with Crippen LogP contribution >= 0.6 is 11.6 Å². The molecule has 0 unspecified atom stereocenters. The van der Waals surface area contributed by atoms with Crippen molar-refractivity contribution in [2.24, 2.45) is 5.92 Å². The maximum absolute atomic E-state index is 13.5. The van der Waals surface area contributed by atoms with Crippen molar-refractivity contribution in [2.75, 3.05) is 13.7 Å². The highest BCUT2D eigenvalue weighted by Gasteiger charge is 2.27. The van der Waals surface area contributed by atoms with Crippen LogP contribution in [-0.2, 0) is 16.0 Å². The molecule has 1 aliphatic rings. The van der Waals surface area contributed by atoms with Gasteiger partial charge in [-0.3, -0.25) is 19.0 Å². The third kappa shape index (κ3) is 7.70. The van der Waals surface area contributed by atoms with Crippen LogP contribution in [0.1, 0.15) is 86.8 Å². The Labute approximate surface area is 248 Å². The number of unbranched alkanes of at least 4 members (excludes halogenated alkanes) is 2. The van der Waals surface area contributed by atoms with E-state index in [1.165, 1.54) is 0 Å². The summed E-state index contributed by atoms with van der Waals surface area (Å²) >= 11 is 6.02. The summed E-state index contributed by atoms with van der Waals surface area (Å²) in [5.41, 5.74) is 2.55. The summed E-state index contributed by atoms with van der Waals surface area (Å²) in [5.74, 6) is 0.779. The molecule has 2 amide bonds. The van der Waals surface area contributed by atoms with Gasteiger partial charge in [0, 0.05) is 39.7 Å². The Morgan fingerprint density at radius 3 is 2.41 bits per heavy atom. The summed E-state index contributed by atoms with van der Waals surface area (Å²) < 4.78 is 7.09. The lowest BCUT2D eigenvalue weighted by Gasteiger charge is -2.28. The summed E-state index contributed by atoms with van der Waals surface area (Å²) in [6.45, 7) is 6.63. The molecule has 41 heavy (non-hydrogen) atoms. The molecule has 0 saturated heterocycles. The van der Waals surface area contributed by atoms with Crippen LogP contribution in [0.4, 0.5) is 0 Å². The second-order valence-corrected chi connectivity index (χ2v) is 12.2. The number of amides is 2. The first-order valence-electron chi connectivity index (χ1n) is 14.7. The normalized spacial score (nSPS) is 13.9. The molecule has 1 aliphatic carbocycles. The number of methoxy groups -OCH3 is 1. The minimum Gasteiger partial charge on any atom is -0.497 e. The molecule has 0 radical (unpaired) electrons. The molecule has 0 aliphatic heterocycles. The smallest absolute Gasteiger partial charge is 0.262 e. The van der Waals surface area contributed by atoms with Gasteiger partial charge in [-0.2, -0.15) is 0 Å². The maximum Gasteiger partial charge on any atom is 0.262 e. The molecule has 1 saturated carbocycles. The first kappa shape index (κ1) is 30.6. The number of benzene rings is 2. The number of carbonyl (C=O) groups excluding carboxylic acids is 3. The Hall–Kier alpha value is -3.32. The van der Waals surface area contributed by atoms with E-state index < -0.39 is 0 Å². The average molecular weight is 580 g/mol. The van der Waals surface area contributed by atoms with Gasteiger partial charge in [0.1, 0.15) is 5.75 Å². The van der Waals surface area contributed by atoms with Gasteiger partial charge >= 0.3 is 0 Å². The van der Waals surface area contributed by atoms with Crippen LogP contribution in [0.5, 0.6) is 5.75 Å². The molecule has 0 spiro atoms. The number of ether oxygens (including phenoxy) is 1.